The van der Waals surface area contributed by atoms with E-state index in [0.29, 0.717) is 30.3 Å². The van der Waals surface area contributed by atoms with E-state index in [-0.39, 0.29) is 5.78 Å². The van der Waals surface area contributed by atoms with E-state index in [1.54, 1.807) is 19.3 Å². The van der Waals surface area contributed by atoms with Crippen LogP contribution in [-0.4, -0.2) is 24.5 Å². The maximum atomic E-state index is 12.9. The van der Waals surface area contributed by atoms with Gasteiger partial charge in [0, 0.05) is 13.1 Å². The van der Waals surface area contributed by atoms with Crippen molar-refractivity contribution >= 4 is 11.9 Å². The normalized spacial score (nSPS) is 16.5. The summed E-state index contributed by atoms with van der Waals surface area (Å²) in [6, 6.07) is 19.7. The molecule has 0 bridgehead atoms. The molecule has 0 N–H and O–H groups in total. The molecule has 2 aliphatic rings. The highest BCUT2D eigenvalue weighted by Gasteiger charge is 2.33. The van der Waals surface area contributed by atoms with Crippen LogP contribution in [-0.2, 0) is 13.1 Å². The number of benzene rings is 3. The molecule has 156 valence electrons. The van der Waals surface area contributed by atoms with Gasteiger partial charge in [0.2, 0.25) is 5.78 Å². The molecule has 3 aromatic rings. The Morgan fingerprint density at radius 2 is 1.81 bits per heavy atom. The van der Waals surface area contributed by atoms with Crippen molar-refractivity contribution in [2.24, 2.45) is 0 Å². The Morgan fingerprint density at radius 3 is 2.55 bits per heavy atom. The maximum Gasteiger partial charge on any atom is 0.231 e. The number of ketones is 1. The molecule has 0 radical (unpaired) electrons. The van der Waals surface area contributed by atoms with Gasteiger partial charge in [0.25, 0.3) is 0 Å². The van der Waals surface area contributed by atoms with Gasteiger partial charge >= 0.3 is 0 Å². The quantitative estimate of drug-likeness (QED) is 0.565. The van der Waals surface area contributed by atoms with Crippen LogP contribution >= 0.6 is 0 Å². The van der Waals surface area contributed by atoms with Gasteiger partial charge in [-0.05, 0) is 48.4 Å². The lowest BCUT2D eigenvalue weighted by molar-refractivity contribution is 0.0873. The van der Waals surface area contributed by atoms with Crippen molar-refractivity contribution in [2.45, 2.75) is 20.0 Å². The third-order valence-electron chi connectivity index (χ3n) is 5.62. The van der Waals surface area contributed by atoms with E-state index in [1.807, 2.05) is 30.3 Å². The second-order valence-electron chi connectivity index (χ2n) is 7.88. The van der Waals surface area contributed by atoms with Crippen molar-refractivity contribution in [3.8, 4) is 17.2 Å². The topological polar surface area (TPSA) is 48.0 Å². The first-order valence-corrected chi connectivity index (χ1v) is 10.3. The van der Waals surface area contributed by atoms with Crippen LogP contribution in [0.25, 0.3) is 6.08 Å². The highest BCUT2D eigenvalue weighted by atomic mass is 16.5. The molecule has 0 aromatic heterocycles. The van der Waals surface area contributed by atoms with Crippen LogP contribution in [0.15, 0.2) is 66.4 Å². The minimum absolute atomic E-state index is 0.107. The molecule has 31 heavy (non-hydrogen) atoms. The Morgan fingerprint density at radius 1 is 1.03 bits per heavy atom. The molecule has 0 saturated carbocycles. The maximum absolute atomic E-state index is 12.9. The molecule has 2 aliphatic heterocycles. The zero-order chi connectivity index (χ0) is 21.4. The van der Waals surface area contributed by atoms with E-state index in [4.69, 9.17) is 14.2 Å². The Hall–Kier alpha value is -3.57. The van der Waals surface area contributed by atoms with E-state index in [2.05, 4.69) is 36.1 Å². The second-order valence-corrected chi connectivity index (χ2v) is 7.88. The number of Topliss-reactive ketones (excluding diaryl/α,β-unsaturated/α-hetero) is 1. The standard InChI is InChI=1S/C26H23NO4/c1-17-3-5-19(6-4-17)14-27-15-22-23(30-16-27)12-11-21-25(28)24(31-26(21)22)13-18-7-9-20(29-2)10-8-18/h3-13H,14-16H2,1-2H3/b24-13-. The third kappa shape index (κ3) is 3.80. The Kier molecular flexibility index (Phi) is 4.96. The summed E-state index contributed by atoms with van der Waals surface area (Å²) in [4.78, 5) is 15.1. The number of rotatable bonds is 4. The smallest absolute Gasteiger partial charge is 0.231 e. The van der Waals surface area contributed by atoms with Crippen LogP contribution in [0.3, 0.4) is 0 Å². The number of ether oxygens (including phenoxy) is 3. The molecular formula is C26H23NO4. The monoisotopic (exact) mass is 413 g/mol. The van der Waals surface area contributed by atoms with Gasteiger partial charge in [-0.1, -0.05) is 42.0 Å². The molecule has 0 atom stereocenters. The molecule has 0 spiro atoms. The highest BCUT2D eigenvalue weighted by molar-refractivity contribution is 6.15. The molecule has 0 unspecified atom stereocenters. The van der Waals surface area contributed by atoms with E-state index in [1.165, 1.54) is 11.1 Å². The van der Waals surface area contributed by atoms with Crippen molar-refractivity contribution in [1.29, 1.82) is 0 Å². The Labute approximate surface area is 181 Å². The number of carbonyl (C=O) groups is 1. The summed E-state index contributed by atoms with van der Waals surface area (Å²) in [6.07, 6.45) is 1.77. The minimum atomic E-state index is -0.107. The summed E-state index contributed by atoms with van der Waals surface area (Å²) in [5, 5.41) is 0. The SMILES string of the molecule is COc1ccc(/C=C2\Oc3c(ccc4c3CN(Cc3ccc(C)cc3)CO4)C2=O)cc1. The zero-order valence-electron chi connectivity index (χ0n) is 17.6. The molecule has 5 rings (SSSR count). The summed E-state index contributed by atoms with van der Waals surface area (Å²) in [5.74, 6) is 2.37. The van der Waals surface area contributed by atoms with E-state index >= 15 is 0 Å². The van der Waals surface area contributed by atoms with Crippen molar-refractivity contribution in [1.82, 2.24) is 4.90 Å². The molecular weight excluding hydrogens is 390 g/mol. The number of aryl methyl sites for hydroxylation is 1. The number of fused-ring (bicyclic) bond motifs is 3. The molecule has 0 amide bonds. The summed E-state index contributed by atoms with van der Waals surface area (Å²) in [6.45, 7) is 4.02. The molecule has 0 saturated heterocycles. The lowest BCUT2D eigenvalue weighted by Gasteiger charge is -2.29. The van der Waals surface area contributed by atoms with Crippen molar-refractivity contribution in [2.75, 3.05) is 13.8 Å². The number of nitrogens with zero attached hydrogens (tertiary/aromatic N) is 1. The van der Waals surface area contributed by atoms with Crippen LogP contribution in [0, 0.1) is 6.92 Å². The lowest BCUT2D eigenvalue weighted by Crippen LogP contribution is -2.31. The van der Waals surface area contributed by atoms with Crippen molar-refractivity contribution in [3.63, 3.8) is 0 Å². The largest absolute Gasteiger partial charge is 0.497 e. The zero-order valence-corrected chi connectivity index (χ0v) is 17.6. The molecule has 0 aliphatic carbocycles. The van der Waals surface area contributed by atoms with Gasteiger partial charge in [0.05, 0.1) is 18.2 Å². The molecule has 2 heterocycles. The van der Waals surface area contributed by atoms with Gasteiger partial charge in [-0.15, -0.1) is 0 Å². The minimum Gasteiger partial charge on any atom is -0.497 e. The average molecular weight is 413 g/mol. The summed E-state index contributed by atoms with van der Waals surface area (Å²) in [7, 11) is 1.63. The first-order valence-electron chi connectivity index (χ1n) is 10.3. The first kappa shape index (κ1) is 19.4. The molecule has 0 fully saturated rings. The fourth-order valence-electron chi connectivity index (χ4n) is 3.91. The van der Waals surface area contributed by atoms with Gasteiger partial charge < -0.3 is 14.2 Å². The van der Waals surface area contributed by atoms with Crippen molar-refractivity contribution in [3.05, 3.63) is 94.2 Å². The number of allylic oxidation sites excluding steroid dienone is 1. The van der Waals surface area contributed by atoms with E-state index < -0.39 is 0 Å². The summed E-state index contributed by atoms with van der Waals surface area (Å²) in [5.41, 5.74) is 4.84. The van der Waals surface area contributed by atoms with Crippen LogP contribution in [0.5, 0.6) is 17.2 Å². The van der Waals surface area contributed by atoms with E-state index in [9.17, 15) is 4.79 Å². The van der Waals surface area contributed by atoms with Gasteiger partial charge in [-0.25, -0.2) is 0 Å². The molecule has 5 nitrogen and oxygen atoms in total. The van der Waals surface area contributed by atoms with Gasteiger partial charge in [0.15, 0.2) is 5.76 Å². The van der Waals surface area contributed by atoms with Crippen LogP contribution < -0.4 is 14.2 Å². The predicted octanol–water partition coefficient (Wildman–Crippen LogP) is 4.97. The van der Waals surface area contributed by atoms with Crippen LogP contribution in [0.1, 0.15) is 32.6 Å². The number of carbonyl (C=O) groups excluding carboxylic acids is 1. The summed E-state index contributed by atoms with van der Waals surface area (Å²) >= 11 is 0. The molecule has 3 aromatic carbocycles. The number of methoxy groups -OCH3 is 1. The number of hydrogen-bond donors (Lipinski definition) is 0. The second kappa shape index (κ2) is 7.93. The van der Waals surface area contributed by atoms with Crippen LogP contribution in [0.2, 0.25) is 0 Å². The predicted molar refractivity (Wildman–Crippen MR) is 118 cm³/mol. The number of hydrogen-bond acceptors (Lipinski definition) is 5. The molecule has 5 heteroatoms. The van der Waals surface area contributed by atoms with Crippen LogP contribution in [0.4, 0.5) is 0 Å². The highest BCUT2D eigenvalue weighted by Crippen LogP contribution is 2.42. The Bertz CT molecular complexity index is 1160. The van der Waals surface area contributed by atoms with Crippen molar-refractivity contribution < 1.29 is 19.0 Å². The lowest BCUT2D eigenvalue weighted by atomic mass is 10.0. The van der Waals surface area contributed by atoms with E-state index in [0.717, 1.165) is 29.2 Å². The Balaban J connectivity index is 1.40. The summed E-state index contributed by atoms with van der Waals surface area (Å²) < 4.78 is 17.2. The van der Waals surface area contributed by atoms with Gasteiger partial charge in [-0.3, -0.25) is 9.69 Å². The van der Waals surface area contributed by atoms with Gasteiger partial charge in [-0.2, -0.15) is 0 Å². The third-order valence-corrected chi connectivity index (χ3v) is 5.62. The van der Waals surface area contributed by atoms with Gasteiger partial charge in [0.1, 0.15) is 24.0 Å². The first-order chi connectivity index (χ1) is 15.1. The fraction of sp³-hybridized carbons (Fsp3) is 0.192. The fourth-order valence-corrected chi connectivity index (χ4v) is 3.91. The average Bonchev–Trinajstić information content (AvgIpc) is 3.11.